The molecule has 2 bridgehead atoms. The van der Waals surface area contributed by atoms with Gasteiger partial charge in [0, 0.05) is 12.5 Å². The molecular formula is C20H24N4O4. The van der Waals surface area contributed by atoms with Crippen molar-refractivity contribution in [2.75, 3.05) is 5.43 Å². The molecule has 2 fully saturated rings. The van der Waals surface area contributed by atoms with Gasteiger partial charge in [-0.3, -0.25) is 25.7 Å². The van der Waals surface area contributed by atoms with Crippen LogP contribution in [0.1, 0.15) is 58.8 Å². The quantitative estimate of drug-likeness (QED) is 0.555. The summed E-state index contributed by atoms with van der Waals surface area (Å²) in [6.45, 7) is 4.50. The molecule has 8 heteroatoms. The maximum Gasteiger partial charge on any atom is 0.301 e. The van der Waals surface area contributed by atoms with Gasteiger partial charge in [0.05, 0.1) is 21.6 Å². The Morgan fingerprint density at radius 3 is 2.64 bits per heavy atom. The van der Waals surface area contributed by atoms with Crippen molar-refractivity contribution in [2.24, 2.45) is 15.9 Å². The lowest BCUT2D eigenvalue weighted by molar-refractivity contribution is -0.393. The smallest absolute Gasteiger partial charge is 0.271 e. The van der Waals surface area contributed by atoms with Crippen LogP contribution in [0.4, 0.5) is 17.1 Å². The lowest BCUT2D eigenvalue weighted by atomic mass is 9.54. The molecular weight excluding hydrogens is 360 g/mol. The van der Waals surface area contributed by atoms with Crippen molar-refractivity contribution in [1.29, 1.82) is 0 Å². The second-order valence-corrected chi connectivity index (χ2v) is 8.79. The summed E-state index contributed by atoms with van der Waals surface area (Å²) in [6, 6.07) is 3.56. The van der Waals surface area contributed by atoms with Crippen LogP contribution in [0.25, 0.3) is 0 Å². The lowest BCUT2D eigenvalue weighted by Crippen LogP contribution is -2.39. The van der Waals surface area contributed by atoms with Crippen molar-refractivity contribution in [3.05, 3.63) is 49.6 Å². The second-order valence-electron chi connectivity index (χ2n) is 8.79. The Labute approximate surface area is 163 Å². The van der Waals surface area contributed by atoms with E-state index in [1.54, 1.807) is 0 Å². The van der Waals surface area contributed by atoms with Crippen LogP contribution in [0, 0.1) is 31.1 Å². The van der Waals surface area contributed by atoms with E-state index in [-0.39, 0.29) is 22.5 Å². The highest BCUT2D eigenvalue weighted by Gasteiger charge is 2.52. The third kappa shape index (κ3) is 2.96. The average molecular weight is 384 g/mol. The third-order valence-corrected chi connectivity index (χ3v) is 6.91. The van der Waals surface area contributed by atoms with Gasteiger partial charge in [-0.05, 0) is 61.5 Å². The van der Waals surface area contributed by atoms with Crippen molar-refractivity contribution >= 4 is 22.8 Å². The maximum atomic E-state index is 11.3. The fraction of sp³-hybridized carbons (Fsp3) is 0.550. The molecule has 0 saturated heterocycles. The van der Waals surface area contributed by atoms with Crippen LogP contribution in [0.3, 0.4) is 0 Å². The van der Waals surface area contributed by atoms with Crippen LogP contribution < -0.4 is 5.43 Å². The topological polar surface area (TPSA) is 111 Å². The Hall–Kier alpha value is -2.77. The number of hydrogen-bond acceptors (Lipinski definition) is 6. The van der Waals surface area contributed by atoms with Crippen molar-refractivity contribution in [3.8, 4) is 0 Å². The predicted molar refractivity (Wildman–Crippen MR) is 106 cm³/mol. The third-order valence-electron chi connectivity index (χ3n) is 6.91. The maximum absolute atomic E-state index is 11.3. The van der Waals surface area contributed by atoms with Gasteiger partial charge in [-0.25, -0.2) is 0 Å². The van der Waals surface area contributed by atoms with Gasteiger partial charge < -0.3 is 0 Å². The molecule has 1 spiro atoms. The normalized spacial score (nSPS) is 30.3. The van der Waals surface area contributed by atoms with Gasteiger partial charge in [0.15, 0.2) is 0 Å². The lowest BCUT2D eigenvalue weighted by Gasteiger charge is -2.50. The monoisotopic (exact) mass is 384 g/mol. The first-order valence-corrected chi connectivity index (χ1v) is 9.69. The number of nitrogens with zero attached hydrogens (tertiary/aromatic N) is 3. The molecule has 148 valence electrons. The highest BCUT2D eigenvalue weighted by molar-refractivity contribution is 6.04. The van der Waals surface area contributed by atoms with Gasteiger partial charge in [0.25, 0.3) is 5.69 Å². The summed E-state index contributed by atoms with van der Waals surface area (Å²) in [6.07, 6.45) is 8.12. The molecule has 0 aromatic heterocycles. The molecule has 2 atom stereocenters. The molecule has 4 rings (SSSR count). The number of anilines is 1. The number of hydrazone groups is 1. The van der Waals surface area contributed by atoms with E-state index in [0.717, 1.165) is 24.6 Å². The van der Waals surface area contributed by atoms with Crippen molar-refractivity contribution in [2.45, 2.75) is 58.8 Å². The van der Waals surface area contributed by atoms with Crippen molar-refractivity contribution in [1.82, 2.24) is 0 Å². The molecule has 0 aliphatic heterocycles. The Morgan fingerprint density at radius 1 is 1.14 bits per heavy atom. The molecule has 1 N–H and O–H groups in total. The Balaban J connectivity index is 1.62. The zero-order chi connectivity index (χ0) is 20.1. The standard InChI is InChI=1S/C20H24N4O4/c1-13-15-6-9-19(2)7-3-8-20(15,12-19)11-17(13)22-21-16-5-4-14(23(25)26)10-18(16)24(27)28/h4-5,10,21H,3,6-9,11-12H2,1-2H3. The van der Waals surface area contributed by atoms with Crippen LogP contribution in [0.5, 0.6) is 0 Å². The minimum atomic E-state index is -0.641. The minimum absolute atomic E-state index is 0.168. The van der Waals surface area contributed by atoms with Gasteiger partial charge in [0.2, 0.25) is 0 Å². The molecule has 0 heterocycles. The first-order valence-electron chi connectivity index (χ1n) is 9.69. The summed E-state index contributed by atoms with van der Waals surface area (Å²) in [5.74, 6) is 0. The zero-order valence-electron chi connectivity index (χ0n) is 16.2. The number of nitro groups is 2. The summed E-state index contributed by atoms with van der Waals surface area (Å²) < 4.78 is 0. The van der Waals surface area contributed by atoms with E-state index in [1.165, 1.54) is 55.4 Å². The summed E-state index contributed by atoms with van der Waals surface area (Å²) in [5.41, 5.74) is 6.63. The Morgan fingerprint density at radius 2 is 1.93 bits per heavy atom. The molecule has 2 saturated carbocycles. The number of hydrogen-bond donors (Lipinski definition) is 1. The van der Waals surface area contributed by atoms with Gasteiger partial charge in [0.1, 0.15) is 5.69 Å². The number of rotatable bonds is 4. The van der Waals surface area contributed by atoms with E-state index >= 15 is 0 Å². The SMILES string of the molecule is CC1=C2CCC3(C)CCCC2(CC1=NNc1ccc([N+](=O)[O-])cc1[N+](=O)[O-])C3. The molecule has 2 unspecified atom stereocenters. The molecule has 3 aliphatic carbocycles. The van der Waals surface area contributed by atoms with E-state index in [9.17, 15) is 20.2 Å². The van der Waals surface area contributed by atoms with Crippen molar-refractivity contribution in [3.63, 3.8) is 0 Å². The predicted octanol–water partition coefficient (Wildman–Crippen LogP) is 5.35. The van der Waals surface area contributed by atoms with E-state index in [1.807, 2.05) is 0 Å². The van der Waals surface area contributed by atoms with E-state index < -0.39 is 9.85 Å². The van der Waals surface area contributed by atoms with Gasteiger partial charge in [-0.1, -0.05) is 18.9 Å². The largest absolute Gasteiger partial charge is 0.301 e. The molecule has 0 radical (unpaired) electrons. The minimum Gasteiger partial charge on any atom is -0.271 e. The van der Waals surface area contributed by atoms with E-state index in [0.29, 0.717) is 5.41 Å². The second kappa shape index (κ2) is 6.39. The molecule has 3 aliphatic rings. The van der Waals surface area contributed by atoms with Gasteiger partial charge in [-0.2, -0.15) is 5.10 Å². The Kier molecular flexibility index (Phi) is 4.24. The number of nitro benzene ring substituents is 2. The molecule has 1 aromatic rings. The van der Waals surface area contributed by atoms with E-state index in [2.05, 4.69) is 24.4 Å². The van der Waals surface area contributed by atoms with Crippen LogP contribution >= 0.6 is 0 Å². The van der Waals surface area contributed by atoms with Crippen molar-refractivity contribution < 1.29 is 9.85 Å². The summed E-state index contributed by atoms with van der Waals surface area (Å²) in [4.78, 5) is 21.0. The highest BCUT2D eigenvalue weighted by Crippen LogP contribution is 2.62. The number of non-ortho nitro benzene ring substituents is 1. The van der Waals surface area contributed by atoms with Gasteiger partial charge >= 0.3 is 5.69 Å². The fourth-order valence-electron chi connectivity index (χ4n) is 5.61. The first-order chi connectivity index (χ1) is 13.2. The molecule has 8 nitrogen and oxygen atoms in total. The Bertz CT molecular complexity index is 938. The van der Waals surface area contributed by atoms with Crippen LogP contribution in [-0.2, 0) is 0 Å². The molecule has 28 heavy (non-hydrogen) atoms. The molecule has 0 amide bonds. The number of allylic oxidation sites excluding steroid dienone is 2. The summed E-state index contributed by atoms with van der Waals surface area (Å²) >= 11 is 0. The van der Waals surface area contributed by atoms with Crippen LogP contribution in [0.2, 0.25) is 0 Å². The van der Waals surface area contributed by atoms with E-state index in [4.69, 9.17) is 0 Å². The fourth-order valence-corrected chi connectivity index (χ4v) is 5.61. The highest BCUT2D eigenvalue weighted by atomic mass is 16.6. The van der Waals surface area contributed by atoms with Crippen LogP contribution in [0.15, 0.2) is 34.4 Å². The summed E-state index contributed by atoms with van der Waals surface area (Å²) in [7, 11) is 0. The van der Waals surface area contributed by atoms with Crippen LogP contribution in [-0.4, -0.2) is 15.6 Å². The molecule has 1 aromatic carbocycles. The summed E-state index contributed by atoms with van der Waals surface area (Å²) in [5, 5.41) is 26.7. The zero-order valence-corrected chi connectivity index (χ0v) is 16.2. The number of benzene rings is 1. The van der Waals surface area contributed by atoms with Gasteiger partial charge in [-0.15, -0.1) is 0 Å². The number of nitrogens with one attached hydrogen (secondary N) is 1. The number of fused-ring (bicyclic) bond motifs is 1. The average Bonchev–Trinajstić information content (AvgIpc) is 2.88. The first kappa shape index (κ1) is 18.6.